The van der Waals surface area contributed by atoms with Crippen molar-refractivity contribution in [2.75, 3.05) is 25.0 Å². The van der Waals surface area contributed by atoms with Gasteiger partial charge in [-0.15, -0.1) is 0 Å². The molecule has 3 aliphatic heterocycles. The highest BCUT2D eigenvalue weighted by molar-refractivity contribution is 5.89. The lowest BCUT2D eigenvalue weighted by Crippen LogP contribution is -2.49. The first kappa shape index (κ1) is 18.0. The number of piperidine rings is 1. The van der Waals surface area contributed by atoms with Crippen LogP contribution in [0, 0.1) is 25.6 Å². The second-order valence-electron chi connectivity index (χ2n) is 7.66. The molecule has 2 bridgehead atoms. The normalized spacial score (nSPS) is 22.7. The molecule has 0 aliphatic carbocycles. The van der Waals surface area contributed by atoms with Crippen molar-refractivity contribution in [3.05, 3.63) is 47.1 Å². The van der Waals surface area contributed by atoms with Crippen LogP contribution < -0.4 is 5.32 Å². The topological polar surface area (TPSA) is 61.6 Å². The van der Waals surface area contributed by atoms with E-state index in [0.29, 0.717) is 12.5 Å². The first-order chi connectivity index (χ1) is 13.0. The van der Waals surface area contributed by atoms with Gasteiger partial charge in [0.25, 0.3) is 0 Å². The van der Waals surface area contributed by atoms with E-state index >= 15 is 0 Å². The summed E-state index contributed by atoms with van der Waals surface area (Å²) in [6.45, 7) is 7.16. The van der Waals surface area contributed by atoms with Gasteiger partial charge in [0, 0.05) is 37.8 Å². The zero-order valence-corrected chi connectivity index (χ0v) is 15.7. The Morgan fingerprint density at radius 3 is 2.81 bits per heavy atom. The molecule has 4 heterocycles. The van der Waals surface area contributed by atoms with Crippen molar-refractivity contribution in [2.24, 2.45) is 5.92 Å². The fourth-order valence-corrected chi connectivity index (χ4v) is 4.26. The maximum atomic E-state index is 13.9. The van der Waals surface area contributed by atoms with Crippen molar-refractivity contribution < 1.29 is 13.7 Å². The number of carbonyl (C=O) groups is 1. The number of anilines is 1. The van der Waals surface area contributed by atoms with E-state index < -0.39 is 5.82 Å². The maximum absolute atomic E-state index is 13.9. The number of carbonyl (C=O) groups excluding carboxylic acids is 1. The fraction of sp³-hybridized carbons (Fsp3) is 0.500. The van der Waals surface area contributed by atoms with Crippen molar-refractivity contribution in [3.63, 3.8) is 0 Å². The summed E-state index contributed by atoms with van der Waals surface area (Å²) >= 11 is 0. The van der Waals surface area contributed by atoms with Gasteiger partial charge < -0.3 is 14.7 Å². The van der Waals surface area contributed by atoms with Gasteiger partial charge in [0.2, 0.25) is 0 Å². The number of nitrogens with one attached hydrogen (secondary N) is 1. The molecule has 1 aromatic carbocycles. The minimum Gasteiger partial charge on any atom is -0.361 e. The number of hydrogen-bond donors (Lipinski definition) is 1. The molecule has 1 aromatic heterocycles. The number of aromatic nitrogens is 1. The van der Waals surface area contributed by atoms with Gasteiger partial charge in [-0.25, -0.2) is 9.18 Å². The van der Waals surface area contributed by atoms with Crippen LogP contribution in [0.4, 0.5) is 14.9 Å². The molecule has 0 saturated carbocycles. The van der Waals surface area contributed by atoms with Crippen molar-refractivity contribution in [1.29, 1.82) is 0 Å². The monoisotopic (exact) mass is 372 g/mol. The molecule has 7 heteroatoms. The summed E-state index contributed by atoms with van der Waals surface area (Å²) in [5.41, 5.74) is 2.30. The molecule has 3 aliphatic rings. The molecule has 2 aromatic rings. The van der Waals surface area contributed by atoms with Gasteiger partial charge in [-0.3, -0.25) is 4.90 Å². The number of aryl methyl sites for hydroxylation is 2. The van der Waals surface area contributed by atoms with E-state index in [-0.39, 0.29) is 17.8 Å². The predicted molar refractivity (Wildman–Crippen MR) is 99.9 cm³/mol. The number of para-hydroxylation sites is 1. The zero-order valence-electron chi connectivity index (χ0n) is 15.7. The molecule has 27 heavy (non-hydrogen) atoms. The van der Waals surface area contributed by atoms with Gasteiger partial charge in [-0.05, 0) is 44.7 Å². The number of benzene rings is 1. The Morgan fingerprint density at radius 1 is 1.26 bits per heavy atom. The average Bonchev–Trinajstić information content (AvgIpc) is 2.83. The first-order valence-electron chi connectivity index (χ1n) is 9.47. The van der Waals surface area contributed by atoms with Crippen LogP contribution in [0.5, 0.6) is 0 Å². The standard InChI is InChI=1S/C20H25FN4O2/c1-13-17(14(2)27-23-13)12-24-9-15-7-8-16(11-24)25(10-15)20(26)22-19-6-4-3-5-18(19)21/h3-6,15-16H,7-12H2,1-2H3,(H,22,26)/t15-,16+/m1/s1. The summed E-state index contributed by atoms with van der Waals surface area (Å²) in [6.07, 6.45) is 2.10. The SMILES string of the molecule is Cc1noc(C)c1CN1C[C@H]2CC[C@@H](C1)N(C(=O)Nc1ccccc1F)C2. The number of fused-ring (bicyclic) bond motifs is 4. The number of urea groups is 1. The molecular formula is C20H25FN4O2. The Bertz CT molecular complexity index is 818. The van der Waals surface area contributed by atoms with Crippen LogP contribution in [0.3, 0.4) is 0 Å². The van der Waals surface area contributed by atoms with Gasteiger partial charge >= 0.3 is 6.03 Å². The average molecular weight is 372 g/mol. The Balaban J connectivity index is 1.46. The second-order valence-corrected chi connectivity index (χ2v) is 7.66. The summed E-state index contributed by atoms with van der Waals surface area (Å²) in [4.78, 5) is 17.1. The Hall–Kier alpha value is -2.41. The van der Waals surface area contributed by atoms with Gasteiger partial charge in [0.15, 0.2) is 0 Å². The van der Waals surface area contributed by atoms with Crippen molar-refractivity contribution in [3.8, 4) is 0 Å². The summed E-state index contributed by atoms with van der Waals surface area (Å²) < 4.78 is 19.2. The molecule has 144 valence electrons. The number of nitrogens with zero attached hydrogens (tertiary/aromatic N) is 3. The minimum atomic E-state index is -0.411. The van der Waals surface area contributed by atoms with Gasteiger partial charge in [-0.2, -0.15) is 0 Å². The molecule has 6 nitrogen and oxygen atoms in total. The number of amides is 2. The maximum Gasteiger partial charge on any atom is 0.322 e. The third-order valence-corrected chi connectivity index (χ3v) is 5.73. The van der Waals surface area contributed by atoms with Crippen LogP contribution >= 0.6 is 0 Å². The molecule has 0 spiro atoms. The summed E-state index contributed by atoms with van der Waals surface area (Å²) in [6, 6.07) is 6.21. The largest absolute Gasteiger partial charge is 0.361 e. The van der Waals surface area contributed by atoms with Gasteiger partial charge in [-0.1, -0.05) is 17.3 Å². The van der Waals surface area contributed by atoms with E-state index in [4.69, 9.17) is 4.52 Å². The van der Waals surface area contributed by atoms with Crippen LogP contribution in [0.2, 0.25) is 0 Å². The van der Waals surface area contributed by atoms with E-state index in [1.165, 1.54) is 6.07 Å². The third kappa shape index (κ3) is 3.69. The first-order valence-corrected chi connectivity index (χ1v) is 9.47. The lowest BCUT2D eigenvalue weighted by Gasteiger charge is -2.36. The van der Waals surface area contributed by atoms with E-state index in [9.17, 15) is 9.18 Å². The zero-order chi connectivity index (χ0) is 19.0. The molecule has 1 N–H and O–H groups in total. The molecule has 3 fully saturated rings. The predicted octanol–water partition coefficient (Wildman–Crippen LogP) is 3.56. The van der Waals surface area contributed by atoms with E-state index in [0.717, 1.165) is 49.5 Å². The van der Waals surface area contributed by atoms with Crippen LogP contribution in [0.1, 0.15) is 29.9 Å². The number of hydrogen-bond acceptors (Lipinski definition) is 4. The van der Waals surface area contributed by atoms with Crippen molar-refractivity contribution >= 4 is 11.7 Å². The summed E-state index contributed by atoms with van der Waals surface area (Å²) in [5, 5.41) is 6.78. The highest BCUT2D eigenvalue weighted by Crippen LogP contribution is 2.30. The van der Waals surface area contributed by atoms with Crippen LogP contribution in [-0.2, 0) is 6.54 Å². The molecule has 5 rings (SSSR count). The molecule has 0 radical (unpaired) electrons. The Kier molecular flexibility index (Phi) is 4.86. The number of halogens is 1. The lowest BCUT2D eigenvalue weighted by molar-refractivity contribution is 0.151. The quantitative estimate of drug-likeness (QED) is 0.895. The molecule has 2 atom stereocenters. The lowest BCUT2D eigenvalue weighted by atomic mass is 9.95. The third-order valence-electron chi connectivity index (χ3n) is 5.73. The Morgan fingerprint density at radius 2 is 2.07 bits per heavy atom. The fourth-order valence-electron chi connectivity index (χ4n) is 4.26. The van der Waals surface area contributed by atoms with Crippen LogP contribution in [-0.4, -0.2) is 46.7 Å². The second kappa shape index (κ2) is 7.31. The highest BCUT2D eigenvalue weighted by Gasteiger charge is 2.37. The molecular weight excluding hydrogens is 347 g/mol. The number of rotatable bonds is 3. The van der Waals surface area contributed by atoms with Gasteiger partial charge in [0.05, 0.1) is 11.4 Å². The molecule has 3 saturated heterocycles. The van der Waals surface area contributed by atoms with E-state index in [2.05, 4.69) is 15.4 Å². The van der Waals surface area contributed by atoms with Crippen LogP contribution in [0.25, 0.3) is 0 Å². The van der Waals surface area contributed by atoms with E-state index in [1.807, 2.05) is 18.7 Å². The summed E-state index contributed by atoms with van der Waals surface area (Å²) in [7, 11) is 0. The van der Waals surface area contributed by atoms with Crippen molar-refractivity contribution in [1.82, 2.24) is 15.0 Å². The minimum absolute atomic E-state index is 0.135. The molecule has 2 amide bonds. The smallest absolute Gasteiger partial charge is 0.322 e. The van der Waals surface area contributed by atoms with Crippen LogP contribution in [0.15, 0.2) is 28.8 Å². The van der Waals surface area contributed by atoms with Crippen molar-refractivity contribution in [2.45, 2.75) is 39.3 Å². The molecule has 0 unspecified atom stereocenters. The highest BCUT2D eigenvalue weighted by atomic mass is 19.1. The Labute approximate surface area is 158 Å². The summed E-state index contributed by atoms with van der Waals surface area (Å²) in [5.74, 6) is 0.875. The van der Waals surface area contributed by atoms with Gasteiger partial charge in [0.1, 0.15) is 11.6 Å². The van der Waals surface area contributed by atoms with E-state index in [1.54, 1.807) is 18.2 Å².